The van der Waals surface area contributed by atoms with Gasteiger partial charge in [-0.2, -0.15) is 0 Å². The zero-order valence-corrected chi connectivity index (χ0v) is 59.8. The lowest BCUT2D eigenvalue weighted by molar-refractivity contribution is 0.253. The van der Waals surface area contributed by atoms with Gasteiger partial charge in [0.25, 0.3) is 0 Å². The molecule has 2 rings (SSSR count). The van der Waals surface area contributed by atoms with E-state index in [0.29, 0.717) is 16.7 Å². The maximum Gasteiger partial charge on any atom is 0.129 e. The summed E-state index contributed by atoms with van der Waals surface area (Å²) in [6, 6.07) is 10.3. The molecular formula is C79H142FN3. The lowest BCUT2D eigenvalue weighted by atomic mass is 9.78. The predicted octanol–water partition coefficient (Wildman–Crippen LogP) is 27.5. The Morgan fingerprint density at radius 2 is 1.17 bits per heavy atom. The Morgan fingerprint density at radius 3 is 1.57 bits per heavy atom. The van der Waals surface area contributed by atoms with Crippen LogP contribution < -0.4 is 5.32 Å². The lowest BCUT2D eigenvalue weighted by Crippen LogP contribution is -2.15. The van der Waals surface area contributed by atoms with Gasteiger partial charge in [-0.1, -0.05) is 245 Å². The molecule has 0 saturated carbocycles. The Bertz CT molecular complexity index is 2030. The molecule has 2 aromatic rings. The Hall–Kier alpha value is -4.05. The summed E-state index contributed by atoms with van der Waals surface area (Å²) in [5.74, 6) is 0.615. The molecule has 2 atom stereocenters. The van der Waals surface area contributed by atoms with Crippen molar-refractivity contribution in [2.45, 2.75) is 326 Å². The van der Waals surface area contributed by atoms with E-state index in [9.17, 15) is 4.39 Å². The molecule has 3 nitrogen and oxygen atoms in total. The highest BCUT2D eigenvalue weighted by Gasteiger charge is 2.20. The minimum absolute atomic E-state index is 0.0347. The molecular weight excluding hydrogens is 1010 g/mol. The van der Waals surface area contributed by atoms with Gasteiger partial charge in [0.05, 0.1) is 0 Å². The van der Waals surface area contributed by atoms with Gasteiger partial charge in [-0.05, 0) is 209 Å². The van der Waals surface area contributed by atoms with Crippen LogP contribution in [0.15, 0.2) is 103 Å². The third kappa shape index (κ3) is 54.4. The highest BCUT2D eigenvalue weighted by Crippen LogP contribution is 2.33. The topological polar surface area (TPSA) is 48.2 Å². The minimum Gasteiger partial charge on any atom is -0.385 e. The number of hydrogen-bond donors (Lipinski definition) is 2. The molecule has 0 aliphatic carbocycles. The Morgan fingerprint density at radius 1 is 0.639 bits per heavy atom. The van der Waals surface area contributed by atoms with Crippen molar-refractivity contribution in [3.05, 3.63) is 131 Å². The Kier molecular flexibility index (Phi) is 60.3. The summed E-state index contributed by atoms with van der Waals surface area (Å²) in [5.41, 5.74) is 16.0. The van der Waals surface area contributed by atoms with Crippen LogP contribution in [0.3, 0.4) is 0 Å². The standard InChI is InChI=1S/C23H38N2.C17H31N.C10H13F.C10H18.C9H20.C5H10.C5H12/c1-5-21-22(19(2)3)16-14-17-23(21)25-18-13-11-9-7-6-8-10-12-15-20(4)24;1-7-12-17(6,8-2)13-10-11-16(18-9-3)14-15(4)5;1-4-9-6-5-7(2)8(3)10(9)11;1-8(2)6-7-10(5)9(3)4;1-5-7-9(3,4)8-6-2;1-4-5(2)3;1-3-5-4-2/h14,16-17,24-25H,2,5-13,15,18H2,1,3-4H3;9,14H,3,7-8,10-13H2,1-2,4-6H3;5-6H,4H2,1-3H3;10H,1,3,6-7H2,2,4-5H3;5-8H2,1-4H3;2,4H2,1,3H3;3-5H2,1-2H3. The molecule has 0 fully saturated rings. The van der Waals surface area contributed by atoms with Crippen LogP contribution in [-0.4, -0.2) is 18.0 Å². The second-order valence-electron chi connectivity index (χ2n) is 25.4. The van der Waals surface area contributed by atoms with Crippen molar-refractivity contribution in [2.75, 3.05) is 11.9 Å². The molecule has 0 heterocycles. The molecule has 0 aromatic heterocycles. The summed E-state index contributed by atoms with van der Waals surface area (Å²) in [6.45, 7) is 67.6. The molecule has 83 heavy (non-hydrogen) atoms. The monoisotopic (exact) mass is 1150 g/mol. The minimum atomic E-state index is -0.0347. The van der Waals surface area contributed by atoms with E-state index < -0.39 is 0 Å². The summed E-state index contributed by atoms with van der Waals surface area (Å²) < 4.78 is 13.3. The number of halogens is 1. The van der Waals surface area contributed by atoms with Crippen LogP contribution in [0.25, 0.3) is 5.57 Å². The van der Waals surface area contributed by atoms with E-state index in [1.807, 2.05) is 46.8 Å². The van der Waals surface area contributed by atoms with Gasteiger partial charge >= 0.3 is 0 Å². The SMILES string of the molecule is C=C(C)CC.C=C(C)CCC(C)C(=C)C.C=C(C)c1cccc(NCCCCCCCCCCC(C)=N)c1CC.C=CN=C(C=C(C)C)CCCC(C)(CC)CCC.CCCC(C)(C)CCC.CCCCC.CCc1ccc(C)c(C)c1F. The highest BCUT2D eigenvalue weighted by atomic mass is 19.1. The number of anilines is 1. The second kappa shape index (κ2) is 57.0. The number of nitrogens with zero attached hydrogens (tertiary/aromatic N) is 1. The van der Waals surface area contributed by atoms with Gasteiger partial charge in [-0.25, -0.2) is 4.39 Å². The largest absolute Gasteiger partial charge is 0.385 e. The van der Waals surface area contributed by atoms with E-state index in [0.717, 1.165) is 73.0 Å². The van der Waals surface area contributed by atoms with Crippen molar-refractivity contribution in [1.29, 1.82) is 5.41 Å². The van der Waals surface area contributed by atoms with E-state index in [1.54, 1.807) is 6.20 Å². The Balaban J connectivity index is -0.000000307. The second-order valence-corrected chi connectivity index (χ2v) is 25.4. The molecule has 0 bridgehead atoms. The lowest BCUT2D eigenvalue weighted by Gasteiger charge is -2.27. The number of allylic oxidation sites excluding steroid dienone is 6. The summed E-state index contributed by atoms with van der Waals surface area (Å²) in [4.78, 5) is 4.36. The average Bonchev–Trinajstić information content (AvgIpc) is 3.46. The predicted molar refractivity (Wildman–Crippen MR) is 385 cm³/mol. The molecule has 4 heteroatoms. The zero-order chi connectivity index (χ0) is 64.8. The smallest absolute Gasteiger partial charge is 0.129 e. The first-order valence-electron chi connectivity index (χ1n) is 33.6. The van der Waals surface area contributed by atoms with Crippen molar-refractivity contribution >= 4 is 22.7 Å². The van der Waals surface area contributed by atoms with Crippen molar-refractivity contribution in [3.63, 3.8) is 0 Å². The first kappa shape index (κ1) is 87.7. The summed E-state index contributed by atoms with van der Waals surface area (Å²) >= 11 is 0. The molecule has 0 aliphatic rings. The molecule has 0 radical (unpaired) electrons. The first-order chi connectivity index (χ1) is 39.0. The van der Waals surface area contributed by atoms with Crippen molar-refractivity contribution < 1.29 is 4.39 Å². The van der Waals surface area contributed by atoms with Gasteiger partial charge in [-0.3, -0.25) is 4.99 Å². The summed E-state index contributed by atoms with van der Waals surface area (Å²) in [6.07, 6.45) is 37.5. The summed E-state index contributed by atoms with van der Waals surface area (Å²) in [7, 11) is 0. The molecule has 0 amide bonds. The number of aryl methyl sites for hydroxylation is 2. The third-order valence-corrected chi connectivity index (χ3v) is 15.5. The van der Waals surface area contributed by atoms with E-state index in [1.165, 1.54) is 180 Å². The molecule has 0 aliphatic heterocycles. The van der Waals surface area contributed by atoms with Crippen LogP contribution in [0.5, 0.6) is 0 Å². The van der Waals surface area contributed by atoms with E-state index in [2.05, 4.69) is 185 Å². The van der Waals surface area contributed by atoms with Gasteiger partial charge in [-0.15, -0.1) is 13.2 Å². The van der Waals surface area contributed by atoms with Gasteiger partial charge in [0.2, 0.25) is 0 Å². The van der Waals surface area contributed by atoms with Crippen LogP contribution in [-0.2, 0) is 12.8 Å². The zero-order valence-electron chi connectivity index (χ0n) is 59.8. The highest BCUT2D eigenvalue weighted by molar-refractivity contribution is 5.95. The van der Waals surface area contributed by atoms with Crippen molar-refractivity contribution in [2.24, 2.45) is 21.7 Å². The van der Waals surface area contributed by atoms with Crippen LogP contribution in [0.2, 0.25) is 0 Å². The van der Waals surface area contributed by atoms with Crippen molar-refractivity contribution in [3.8, 4) is 0 Å². The average molecular weight is 1150 g/mol. The van der Waals surface area contributed by atoms with Crippen LogP contribution in [0.1, 0.15) is 327 Å². The number of unbranched alkanes of at least 4 members (excludes halogenated alkanes) is 9. The van der Waals surface area contributed by atoms with Crippen molar-refractivity contribution in [1.82, 2.24) is 0 Å². The maximum atomic E-state index is 13.3. The van der Waals surface area contributed by atoms with Gasteiger partial charge in [0.15, 0.2) is 0 Å². The molecule has 0 saturated heterocycles. The summed E-state index contributed by atoms with van der Waals surface area (Å²) in [5, 5.41) is 11.0. The fourth-order valence-corrected chi connectivity index (χ4v) is 9.39. The van der Waals surface area contributed by atoms with E-state index in [-0.39, 0.29) is 5.82 Å². The molecule has 2 unspecified atom stereocenters. The van der Waals surface area contributed by atoms with E-state index in [4.69, 9.17) is 5.41 Å². The number of benzene rings is 2. The normalized spacial score (nSPS) is 11.6. The fraction of sp³-hybridized carbons (Fsp3) is 0.671. The molecule has 2 N–H and O–H groups in total. The first-order valence-corrected chi connectivity index (χ1v) is 33.6. The third-order valence-electron chi connectivity index (χ3n) is 15.5. The van der Waals surface area contributed by atoms with E-state index >= 15 is 0 Å². The number of hydrogen-bond acceptors (Lipinski definition) is 3. The van der Waals surface area contributed by atoms with Gasteiger partial charge in [0.1, 0.15) is 5.82 Å². The van der Waals surface area contributed by atoms with Gasteiger partial charge in [0, 0.05) is 29.9 Å². The maximum absolute atomic E-state index is 13.3. The quantitative estimate of drug-likeness (QED) is 0.0403. The van der Waals surface area contributed by atoms with Crippen LogP contribution >= 0.6 is 0 Å². The fourth-order valence-electron chi connectivity index (χ4n) is 9.39. The van der Waals surface area contributed by atoms with Crippen LogP contribution in [0, 0.1) is 41.8 Å². The molecule has 0 spiro atoms. The molecule has 2 aromatic carbocycles. The number of nitrogens with one attached hydrogen (secondary N) is 2. The van der Waals surface area contributed by atoms with Crippen LogP contribution in [0.4, 0.5) is 10.1 Å². The Labute approximate surface area is 520 Å². The number of rotatable bonds is 35. The number of aliphatic imine (C=N–C) groups is 1. The molecule has 480 valence electrons. The van der Waals surface area contributed by atoms with Gasteiger partial charge < -0.3 is 10.7 Å².